The Bertz CT molecular complexity index is 473. The number of ether oxygens (including phenoxy) is 1. The highest BCUT2D eigenvalue weighted by Crippen LogP contribution is 2.20. The fourth-order valence-corrected chi connectivity index (χ4v) is 1.83. The maximum atomic E-state index is 12.3. The highest BCUT2D eigenvalue weighted by Gasteiger charge is 2.29. The van der Waals surface area contributed by atoms with Crippen molar-refractivity contribution in [2.24, 2.45) is 0 Å². The van der Waals surface area contributed by atoms with Crippen molar-refractivity contribution in [2.45, 2.75) is 39.2 Å². The van der Waals surface area contributed by atoms with Gasteiger partial charge in [-0.1, -0.05) is 26.0 Å². The Labute approximate surface area is 114 Å². The number of para-hydroxylation sites is 1. The first kappa shape index (κ1) is 15.0. The molecule has 0 unspecified atom stereocenters. The van der Waals surface area contributed by atoms with Crippen LogP contribution in [0, 0.1) is 11.3 Å². The quantitative estimate of drug-likeness (QED) is 0.855. The van der Waals surface area contributed by atoms with E-state index in [-0.39, 0.29) is 5.91 Å². The van der Waals surface area contributed by atoms with Gasteiger partial charge in [-0.2, -0.15) is 5.26 Å². The standard InChI is InChI=1S/C15H20N2O2/c1-4-15(5-2,11-16)17-14(18)12-9-7-8-10-13(12)19-6-3/h7-10H,4-6H2,1-3H3,(H,17,18). The first-order valence-electron chi connectivity index (χ1n) is 6.58. The van der Waals surface area contributed by atoms with Crippen LogP contribution in [0.25, 0.3) is 0 Å². The van der Waals surface area contributed by atoms with Crippen LogP contribution in [0.4, 0.5) is 0 Å². The maximum absolute atomic E-state index is 12.3. The fraction of sp³-hybridized carbons (Fsp3) is 0.467. The number of rotatable bonds is 6. The first-order valence-corrected chi connectivity index (χ1v) is 6.58. The summed E-state index contributed by atoms with van der Waals surface area (Å²) < 4.78 is 5.43. The number of carbonyl (C=O) groups is 1. The van der Waals surface area contributed by atoms with Gasteiger partial charge in [0.1, 0.15) is 11.3 Å². The minimum Gasteiger partial charge on any atom is -0.493 e. The minimum absolute atomic E-state index is 0.269. The summed E-state index contributed by atoms with van der Waals surface area (Å²) in [6.45, 7) is 6.14. The van der Waals surface area contributed by atoms with Crippen molar-refractivity contribution < 1.29 is 9.53 Å². The third-order valence-corrected chi connectivity index (χ3v) is 3.21. The zero-order valence-corrected chi connectivity index (χ0v) is 11.7. The van der Waals surface area contributed by atoms with Crippen LogP contribution in [0.1, 0.15) is 44.0 Å². The number of hydrogen-bond donors (Lipinski definition) is 1. The summed E-state index contributed by atoms with van der Waals surface area (Å²) in [4.78, 5) is 12.3. The summed E-state index contributed by atoms with van der Waals surface area (Å²) in [5, 5.41) is 12.1. The highest BCUT2D eigenvalue weighted by atomic mass is 16.5. The van der Waals surface area contributed by atoms with Crippen molar-refractivity contribution in [3.8, 4) is 11.8 Å². The van der Waals surface area contributed by atoms with E-state index in [1.54, 1.807) is 18.2 Å². The number of carbonyl (C=O) groups excluding carboxylic acids is 1. The van der Waals surface area contributed by atoms with Gasteiger partial charge in [0.25, 0.3) is 5.91 Å². The Balaban J connectivity index is 2.98. The Morgan fingerprint density at radius 1 is 1.32 bits per heavy atom. The van der Waals surface area contributed by atoms with Crippen LogP contribution in [0.5, 0.6) is 5.75 Å². The van der Waals surface area contributed by atoms with E-state index < -0.39 is 5.54 Å². The minimum atomic E-state index is -0.809. The predicted molar refractivity (Wildman–Crippen MR) is 74.0 cm³/mol. The van der Waals surface area contributed by atoms with Gasteiger partial charge in [-0.3, -0.25) is 4.79 Å². The van der Waals surface area contributed by atoms with Crippen LogP contribution >= 0.6 is 0 Å². The lowest BCUT2D eigenvalue weighted by atomic mass is 9.94. The van der Waals surface area contributed by atoms with Crippen molar-refractivity contribution in [3.63, 3.8) is 0 Å². The summed E-state index contributed by atoms with van der Waals surface area (Å²) in [5.74, 6) is 0.274. The van der Waals surface area contributed by atoms with Gasteiger partial charge in [0, 0.05) is 0 Å². The van der Waals surface area contributed by atoms with Crippen molar-refractivity contribution in [1.29, 1.82) is 5.26 Å². The topological polar surface area (TPSA) is 62.1 Å². The summed E-state index contributed by atoms with van der Waals surface area (Å²) >= 11 is 0. The number of benzene rings is 1. The number of nitrogens with one attached hydrogen (secondary N) is 1. The maximum Gasteiger partial charge on any atom is 0.256 e. The van der Waals surface area contributed by atoms with Gasteiger partial charge in [0.15, 0.2) is 0 Å². The van der Waals surface area contributed by atoms with Crippen LogP contribution in [0.15, 0.2) is 24.3 Å². The lowest BCUT2D eigenvalue weighted by molar-refractivity contribution is 0.0911. The molecule has 102 valence electrons. The predicted octanol–water partition coefficient (Wildman–Crippen LogP) is 2.90. The molecule has 0 aliphatic rings. The van der Waals surface area contributed by atoms with E-state index in [0.29, 0.717) is 30.8 Å². The summed E-state index contributed by atoms with van der Waals surface area (Å²) in [6, 6.07) is 9.25. The van der Waals surface area contributed by atoms with Crippen molar-refractivity contribution in [1.82, 2.24) is 5.32 Å². The van der Waals surface area contributed by atoms with Gasteiger partial charge < -0.3 is 10.1 Å². The molecule has 1 aromatic rings. The molecule has 0 spiro atoms. The average Bonchev–Trinajstić information content (AvgIpc) is 2.46. The molecule has 0 aliphatic carbocycles. The zero-order chi connectivity index (χ0) is 14.3. The summed E-state index contributed by atoms with van der Waals surface area (Å²) in [6.07, 6.45) is 1.14. The van der Waals surface area contributed by atoms with Gasteiger partial charge in [0.2, 0.25) is 0 Å². The zero-order valence-electron chi connectivity index (χ0n) is 11.7. The average molecular weight is 260 g/mol. The Morgan fingerprint density at radius 2 is 1.95 bits per heavy atom. The second-order valence-electron chi connectivity index (χ2n) is 4.28. The molecule has 0 saturated heterocycles. The summed E-state index contributed by atoms with van der Waals surface area (Å²) in [7, 11) is 0. The van der Waals surface area contributed by atoms with Crippen LogP contribution in [-0.4, -0.2) is 18.1 Å². The number of hydrogen-bond acceptors (Lipinski definition) is 3. The van der Waals surface area contributed by atoms with Crippen LogP contribution < -0.4 is 10.1 Å². The Kier molecular flexibility index (Phi) is 5.37. The molecule has 0 saturated carbocycles. The van der Waals surface area contributed by atoms with E-state index in [9.17, 15) is 10.1 Å². The molecule has 1 amide bonds. The SMILES string of the molecule is CCOc1ccccc1C(=O)NC(C#N)(CC)CC. The van der Waals surface area contributed by atoms with Gasteiger partial charge >= 0.3 is 0 Å². The van der Waals surface area contributed by atoms with Crippen molar-refractivity contribution >= 4 is 5.91 Å². The molecule has 19 heavy (non-hydrogen) atoms. The Hall–Kier alpha value is -2.02. The van der Waals surface area contributed by atoms with E-state index >= 15 is 0 Å². The fourth-order valence-electron chi connectivity index (χ4n) is 1.83. The molecule has 1 N–H and O–H groups in total. The molecule has 4 heteroatoms. The van der Waals surface area contributed by atoms with Gasteiger partial charge in [-0.25, -0.2) is 0 Å². The smallest absolute Gasteiger partial charge is 0.256 e. The first-order chi connectivity index (χ1) is 9.12. The van der Waals surface area contributed by atoms with Crippen molar-refractivity contribution in [2.75, 3.05) is 6.61 Å². The lowest BCUT2D eigenvalue weighted by Gasteiger charge is -2.25. The molecule has 1 aromatic carbocycles. The number of amides is 1. The molecule has 0 radical (unpaired) electrons. The monoisotopic (exact) mass is 260 g/mol. The van der Waals surface area contributed by atoms with Gasteiger partial charge in [-0.15, -0.1) is 0 Å². The third-order valence-electron chi connectivity index (χ3n) is 3.21. The van der Waals surface area contributed by atoms with Gasteiger partial charge in [0.05, 0.1) is 18.2 Å². The lowest BCUT2D eigenvalue weighted by Crippen LogP contribution is -2.46. The molecule has 0 heterocycles. The van der Waals surface area contributed by atoms with Crippen LogP contribution in [0.3, 0.4) is 0 Å². The van der Waals surface area contributed by atoms with E-state index in [0.717, 1.165) is 0 Å². The van der Waals surface area contributed by atoms with E-state index in [1.165, 1.54) is 0 Å². The largest absolute Gasteiger partial charge is 0.493 e. The number of nitrogens with zero attached hydrogens (tertiary/aromatic N) is 1. The normalized spacial score (nSPS) is 10.6. The second-order valence-corrected chi connectivity index (χ2v) is 4.28. The molecule has 1 rings (SSSR count). The molecule has 0 atom stereocenters. The Morgan fingerprint density at radius 3 is 2.47 bits per heavy atom. The molecule has 0 aliphatic heterocycles. The third kappa shape index (κ3) is 3.47. The van der Waals surface area contributed by atoms with Gasteiger partial charge in [-0.05, 0) is 31.9 Å². The van der Waals surface area contributed by atoms with Crippen LogP contribution in [-0.2, 0) is 0 Å². The van der Waals surface area contributed by atoms with Crippen molar-refractivity contribution in [3.05, 3.63) is 29.8 Å². The number of nitriles is 1. The van der Waals surface area contributed by atoms with Crippen LogP contribution in [0.2, 0.25) is 0 Å². The molecule has 0 aromatic heterocycles. The molecular weight excluding hydrogens is 240 g/mol. The highest BCUT2D eigenvalue weighted by molar-refractivity contribution is 5.97. The summed E-state index contributed by atoms with van der Waals surface area (Å²) in [5.41, 5.74) is -0.345. The van der Waals surface area contributed by atoms with E-state index in [4.69, 9.17) is 4.74 Å². The van der Waals surface area contributed by atoms with E-state index in [1.807, 2.05) is 26.8 Å². The molecular formula is C15H20N2O2. The molecule has 0 fully saturated rings. The van der Waals surface area contributed by atoms with E-state index in [2.05, 4.69) is 11.4 Å². The second kappa shape index (κ2) is 6.79. The molecule has 0 bridgehead atoms. The molecule has 4 nitrogen and oxygen atoms in total.